The predicted molar refractivity (Wildman–Crippen MR) is 93.3 cm³/mol. The molecule has 0 atom stereocenters. The highest BCUT2D eigenvalue weighted by Gasteiger charge is 2.04. The van der Waals surface area contributed by atoms with Crippen LogP contribution in [-0.4, -0.2) is 23.0 Å². The maximum Gasteiger partial charge on any atom is 0.411 e. The third kappa shape index (κ3) is 4.35. The number of hydrogen-bond acceptors (Lipinski definition) is 4. The van der Waals surface area contributed by atoms with Crippen molar-refractivity contribution in [3.8, 4) is 5.69 Å². The van der Waals surface area contributed by atoms with Crippen molar-refractivity contribution in [3.63, 3.8) is 0 Å². The van der Waals surface area contributed by atoms with Gasteiger partial charge in [-0.1, -0.05) is 6.07 Å². The van der Waals surface area contributed by atoms with Gasteiger partial charge in [0.25, 0.3) is 0 Å². The molecule has 0 bridgehead atoms. The molecule has 3 aromatic rings. The van der Waals surface area contributed by atoms with E-state index in [0.717, 1.165) is 16.9 Å². The van der Waals surface area contributed by atoms with Crippen LogP contribution in [0.15, 0.2) is 60.9 Å². The van der Waals surface area contributed by atoms with Gasteiger partial charge in [0, 0.05) is 29.7 Å². The fraction of sp³-hybridized carbons (Fsp3) is 0.111. The number of nitrogens with zero attached hydrogens (tertiary/aromatic N) is 2. The summed E-state index contributed by atoms with van der Waals surface area (Å²) in [6.45, 7) is 0.558. The monoisotopic (exact) mass is 340 g/mol. The molecule has 3 rings (SSSR count). The molecule has 1 amide bonds. The molecule has 0 spiro atoms. The number of aromatic nitrogens is 2. The van der Waals surface area contributed by atoms with Gasteiger partial charge in [0.2, 0.25) is 0 Å². The van der Waals surface area contributed by atoms with Gasteiger partial charge >= 0.3 is 6.09 Å². The van der Waals surface area contributed by atoms with Crippen LogP contribution in [0.2, 0.25) is 0 Å². The Balaban J connectivity index is 1.63. The molecule has 0 saturated heterocycles. The van der Waals surface area contributed by atoms with E-state index in [1.807, 2.05) is 18.3 Å². The molecule has 0 aliphatic rings. The molecule has 25 heavy (non-hydrogen) atoms. The molecule has 1 aromatic heterocycles. The third-order valence-corrected chi connectivity index (χ3v) is 3.52. The number of hydrogen-bond donors (Lipinski definition) is 2. The van der Waals surface area contributed by atoms with Gasteiger partial charge in [-0.15, -0.1) is 0 Å². The zero-order chi connectivity index (χ0) is 17.6. The summed E-state index contributed by atoms with van der Waals surface area (Å²) < 4.78 is 19.2. The first kappa shape index (κ1) is 16.5. The van der Waals surface area contributed by atoms with Gasteiger partial charge in [-0.25, -0.2) is 13.9 Å². The molecule has 0 fully saturated rings. The van der Waals surface area contributed by atoms with E-state index in [4.69, 9.17) is 0 Å². The van der Waals surface area contributed by atoms with Crippen LogP contribution in [0.5, 0.6) is 0 Å². The van der Waals surface area contributed by atoms with Crippen LogP contribution >= 0.6 is 0 Å². The quantitative estimate of drug-likeness (QED) is 0.741. The molecular formula is C18H17FN4O2. The predicted octanol–water partition coefficient (Wildman–Crippen LogP) is 3.80. The summed E-state index contributed by atoms with van der Waals surface area (Å²) in [6, 6.07) is 13.4. The number of anilines is 2. The van der Waals surface area contributed by atoms with Crippen LogP contribution in [0, 0.1) is 5.82 Å². The lowest BCUT2D eigenvalue weighted by Crippen LogP contribution is -2.11. The van der Waals surface area contributed by atoms with Crippen molar-refractivity contribution in [3.05, 3.63) is 72.3 Å². The summed E-state index contributed by atoms with van der Waals surface area (Å²) >= 11 is 0. The van der Waals surface area contributed by atoms with E-state index in [1.54, 1.807) is 35.1 Å². The fourth-order valence-electron chi connectivity index (χ4n) is 2.27. The van der Waals surface area contributed by atoms with Crippen LogP contribution in [-0.2, 0) is 11.3 Å². The van der Waals surface area contributed by atoms with Gasteiger partial charge in [0.1, 0.15) is 5.82 Å². The number of rotatable bonds is 5. The topological polar surface area (TPSA) is 68.2 Å². The van der Waals surface area contributed by atoms with Gasteiger partial charge in [0.05, 0.1) is 19.0 Å². The lowest BCUT2D eigenvalue weighted by atomic mass is 10.2. The Kier molecular flexibility index (Phi) is 4.94. The molecule has 0 unspecified atom stereocenters. The van der Waals surface area contributed by atoms with Gasteiger partial charge in [0.15, 0.2) is 0 Å². The minimum atomic E-state index is -0.516. The smallest absolute Gasteiger partial charge is 0.411 e. The van der Waals surface area contributed by atoms with Crippen molar-refractivity contribution in [2.24, 2.45) is 0 Å². The maximum atomic E-state index is 13.0. The average molecular weight is 340 g/mol. The second-order valence-electron chi connectivity index (χ2n) is 5.32. The lowest BCUT2D eigenvalue weighted by Gasteiger charge is -2.08. The summed E-state index contributed by atoms with van der Waals surface area (Å²) in [7, 11) is 1.32. The summed E-state index contributed by atoms with van der Waals surface area (Å²) in [5, 5.41) is 10.2. The van der Waals surface area contributed by atoms with E-state index in [0.29, 0.717) is 12.2 Å². The highest BCUT2D eigenvalue weighted by atomic mass is 19.1. The molecule has 0 saturated carbocycles. The van der Waals surface area contributed by atoms with Crippen LogP contribution in [0.4, 0.5) is 20.6 Å². The van der Waals surface area contributed by atoms with E-state index in [9.17, 15) is 9.18 Å². The fourth-order valence-corrected chi connectivity index (χ4v) is 2.27. The Hall–Kier alpha value is -3.35. The third-order valence-electron chi connectivity index (χ3n) is 3.52. The number of nitrogens with one attached hydrogen (secondary N) is 2. The summed E-state index contributed by atoms with van der Waals surface area (Å²) in [5.41, 5.74) is 3.25. The zero-order valence-corrected chi connectivity index (χ0v) is 13.6. The van der Waals surface area contributed by atoms with E-state index in [1.165, 1.54) is 19.2 Å². The standard InChI is InChI=1S/C18H17FN4O2/c1-25-18(24)22-16-4-2-3-15(9-16)20-10-13-11-21-23(12-13)17-7-5-14(19)6-8-17/h2-9,11-12,20H,10H2,1H3,(H,22,24). The van der Waals surface area contributed by atoms with E-state index < -0.39 is 6.09 Å². The second kappa shape index (κ2) is 7.48. The number of ether oxygens (including phenoxy) is 1. The van der Waals surface area contributed by atoms with Crippen molar-refractivity contribution in [2.45, 2.75) is 6.54 Å². The first-order valence-electron chi connectivity index (χ1n) is 7.62. The lowest BCUT2D eigenvalue weighted by molar-refractivity contribution is 0.187. The molecule has 0 aliphatic heterocycles. The first-order valence-corrected chi connectivity index (χ1v) is 7.62. The van der Waals surface area contributed by atoms with Crippen molar-refractivity contribution >= 4 is 17.5 Å². The highest BCUT2D eigenvalue weighted by molar-refractivity contribution is 5.85. The molecule has 2 N–H and O–H groups in total. The highest BCUT2D eigenvalue weighted by Crippen LogP contribution is 2.17. The largest absolute Gasteiger partial charge is 0.453 e. The van der Waals surface area contributed by atoms with E-state index in [-0.39, 0.29) is 5.82 Å². The zero-order valence-electron chi connectivity index (χ0n) is 13.6. The number of carbonyl (C=O) groups excluding carboxylic acids is 1. The Morgan fingerprint density at radius 3 is 2.72 bits per heavy atom. The first-order chi connectivity index (χ1) is 12.1. The Morgan fingerprint density at radius 1 is 1.20 bits per heavy atom. The number of benzene rings is 2. The Bertz CT molecular complexity index is 862. The van der Waals surface area contributed by atoms with Gasteiger partial charge in [-0.2, -0.15) is 5.10 Å². The molecule has 7 heteroatoms. The van der Waals surface area contributed by atoms with Crippen molar-refractivity contribution in [1.82, 2.24) is 9.78 Å². The molecular weight excluding hydrogens is 323 g/mol. The van der Waals surface area contributed by atoms with Crippen LogP contribution in [0.25, 0.3) is 5.69 Å². The number of halogens is 1. The molecule has 0 aliphatic carbocycles. The molecule has 128 valence electrons. The molecule has 2 aromatic carbocycles. The summed E-state index contributed by atoms with van der Waals surface area (Å²) in [4.78, 5) is 11.2. The number of carbonyl (C=O) groups is 1. The van der Waals surface area contributed by atoms with E-state index in [2.05, 4.69) is 20.5 Å². The maximum absolute atomic E-state index is 13.0. The van der Waals surface area contributed by atoms with Crippen molar-refractivity contribution in [2.75, 3.05) is 17.7 Å². The van der Waals surface area contributed by atoms with E-state index >= 15 is 0 Å². The molecule has 1 heterocycles. The van der Waals surface area contributed by atoms with Gasteiger partial charge < -0.3 is 10.1 Å². The van der Waals surface area contributed by atoms with Crippen molar-refractivity contribution in [1.29, 1.82) is 0 Å². The minimum Gasteiger partial charge on any atom is -0.453 e. The van der Waals surface area contributed by atoms with Crippen LogP contribution in [0.1, 0.15) is 5.56 Å². The number of methoxy groups -OCH3 is 1. The summed E-state index contributed by atoms with van der Waals surface area (Å²) in [5.74, 6) is -0.279. The Labute approximate surface area is 144 Å². The van der Waals surface area contributed by atoms with Crippen LogP contribution < -0.4 is 10.6 Å². The SMILES string of the molecule is COC(=O)Nc1cccc(NCc2cnn(-c3ccc(F)cc3)c2)c1. The Morgan fingerprint density at radius 2 is 1.96 bits per heavy atom. The summed E-state index contributed by atoms with van der Waals surface area (Å²) in [6.07, 6.45) is 3.10. The normalized spacial score (nSPS) is 10.3. The minimum absolute atomic E-state index is 0.279. The van der Waals surface area contributed by atoms with Crippen LogP contribution in [0.3, 0.4) is 0 Å². The number of amides is 1. The van der Waals surface area contributed by atoms with Gasteiger partial charge in [-0.3, -0.25) is 5.32 Å². The molecule has 0 radical (unpaired) electrons. The molecule has 6 nitrogen and oxygen atoms in total. The van der Waals surface area contributed by atoms with Crippen molar-refractivity contribution < 1.29 is 13.9 Å². The van der Waals surface area contributed by atoms with Gasteiger partial charge in [-0.05, 0) is 42.5 Å². The second-order valence-corrected chi connectivity index (χ2v) is 5.32. The average Bonchev–Trinajstić information content (AvgIpc) is 3.10.